The van der Waals surface area contributed by atoms with E-state index < -0.39 is 21.9 Å². The van der Waals surface area contributed by atoms with E-state index >= 15 is 0 Å². The molecule has 1 N–H and O–H groups in total. The maximum absolute atomic E-state index is 12.7. The quantitative estimate of drug-likeness (QED) is 0.861. The highest BCUT2D eigenvalue weighted by atomic mass is 32.2. The molecule has 1 aromatic carbocycles. The molecule has 0 spiro atoms. The van der Waals surface area contributed by atoms with Crippen LogP contribution in [0.5, 0.6) is 0 Å². The Kier molecular flexibility index (Phi) is 5.29. The number of sulfonamides is 1. The van der Waals surface area contributed by atoms with E-state index in [1.54, 1.807) is 11.0 Å². The van der Waals surface area contributed by atoms with E-state index in [-0.39, 0.29) is 17.3 Å². The first kappa shape index (κ1) is 18.4. The monoisotopic (exact) mass is 354 g/mol. The summed E-state index contributed by atoms with van der Waals surface area (Å²) in [5, 5.41) is 8.96. The fourth-order valence-corrected chi connectivity index (χ4v) is 4.06. The second-order valence-corrected chi connectivity index (χ2v) is 8.13. The number of rotatable bonds is 5. The highest BCUT2D eigenvalue weighted by Crippen LogP contribution is 2.30. The van der Waals surface area contributed by atoms with E-state index in [0.717, 1.165) is 22.7 Å². The summed E-state index contributed by atoms with van der Waals surface area (Å²) < 4.78 is 26.4. The number of carbonyl (C=O) groups is 2. The second-order valence-electron chi connectivity index (χ2n) is 6.09. The van der Waals surface area contributed by atoms with Crippen LogP contribution in [-0.4, -0.2) is 49.8 Å². The fraction of sp³-hybridized carbons (Fsp3) is 0.500. The molecule has 0 fully saturated rings. The van der Waals surface area contributed by atoms with Crippen molar-refractivity contribution in [2.24, 2.45) is 5.92 Å². The maximum atomic E-state index is 12.7. The Morgan fingerprint density at radius 3 is 2.62 bits per heavy atom. The third-order valence-electron chi connectivity index (χ3n) is 4.22. The molecular formula is C16H22N2O5S. The zero-order valence-corrected chi connectivity index (χ0v) is 14.8. The second kappa shape index (κ2) is 6.90. The molecule has 1 atom stereocenters. The largest absolute Gasteiger partial charge is 0.481 e. The van der Waals surface area contributed by atoms with Gasteiger partial charge >= 0.3 is 5.97 Å². The molecule has 1 unspecified atom stereocenters. The number of benzene rings is 1. The van der Waals surface area contributed by atoms with Crippen LogP contribution in [0.3, 0.4) is 0 Å². The highest BCUT2D eigenvalue weighted by Gasteiger charge is 2.27. The first-order valence-corrected chi connectivity index (χ1v) is 9.18. The Morgan fingerprint density at radius 1 is 1.38 bits per heavy atom. The van der Waals surface area contributed by atoms with Gasteiger partial charge in [-0.15, -0.1) is 0 Å². The maximum Gasteiger partial charge on any atom is 0.307 e. The summed E-state index contributed by atoms with van der Waals surface area (Å²) in [6.07, 6.45) is 1.64. The van der Waals surface area contributed by atoms with Crippen molar-refractivity contribution in [3.63, 3.8) is 0 Å². The van der Waals surface area contributed by atoms with Crippen LogP contribution in [0.25, 0.3) is 0 Å². The topological polar surface area (TPSA) is 95.0 Å². The molecule has 0 bridgehead atoms. The first-order chi connectivity index (χ1) is 11.1. The van der Waals surface area contributed by atoms with Gasteiger partial charge in [0.2, 0.25) is 15.9 Å². The summed E-state index contributed by atoms with van der Waals surface area (Å²) in [6, 6.07) is 4.75. The van der Waals surface area contributed by atoms with Crippen LogP contribution in [0.1, 0.15) is 25.8 Å². The minimum atomic E-state index is -3.82. The Bertz CT molecular complexity index is 760. The standard InChI is InChI=1S/C16H22N2O5S/c1-11(16(20)21)10-17(3)24(22,23)14-7-6-13-5-4-8-18(12(2)19)15(13)9-14/h6-7,9,11H,4-5,8,10H2,1-3H3,(H,20,21). The van der Waals surface area contributed by atoms with Gasteiger partial charge in [0.25, 0.3) is 0 Å². The van der Waals surface area contributed by atoms with Crippen LogP contribution in [0, 0.1) is 5.92 Å². The number of carboxylic acid groups (broad SMARTS) is 1. The average molecular weight is 354 g/mol. The number of carbonyl (C=O) groups excluding carboxylic acids is 1. The summed E-state index contributed by atoms with van der Waals surface area (Å²) in [6.45, 7) is 3.36. The molecule has 7 nitrogen and oxygen atoms in total. The summed E-state index contributed by atoms with van der Waals surface area (Å²) in [5.74, 6) is -1.99. The Morgan fingerprint density at radius 2 is 2.04 bits per heavy atom. The van der Waals surface area contributed by atoms with Gasteiger partial charge in [-0.3, -0.25) is 9.59 Å². The molecule has 0 aliphatic carbocycles. The van der Waals surface area contributed by atoms with Crippen LogP contribution >= 0.6 is 0 Å². The van der Waals surface area contributed by atoms with Gasteiger partial charge in [-0.2, -0.15) is 0 Å². The molecule has 132 valence electrons. The van der Waals surface area contributed by atoms with Crippen LogP contribution < -0.4 is 4.90 Å². The van der Waals surface area contributed by atoms with Gasteiger partial charge in [-0.25, -0.2) is 12.7 Å². The third kappa shape index (κ3) is 3.59. The first-order valence-electron chi connectivity index (χ1n) is 7.74. The van der Waals surface area contributed by atoms with E-state index in [1.165, 1.54) is 33.0 Å². The van der Waals surface area contributed by atoms with Crippen LogP contribution in [0.15, 0.2) is 23.1 Å². The van der Waals surface area contributed by atoms with E-state index in [1.807, 2.05) is 0 Å². The number of aliphatic carboxylic acids is 1. The van der Waals surface area contributed by atoms with Crippen LogP contribution in [0.2, 0.25) is 0 Å². The molecule has 1 heterocycles. The van der Waals surface area contributed by atoms with Crippen molar-refractivity contribution in [3.05, 3.63) is 23.8 Å². The summed E-state index contributed by atoms with van der Waals surface area (Å²) in [4.78, 5) is 24.4. The summed E-state index contributed by atoms with van der Waals surface area (Å²) >= 11 is 0. The average Bonchev–Trinajstić information content (AvgIpc) is 2.53. The van der Waals surface area contributed by atoms with Gasteiger partial charge in [0.1, 0.15) is 0 Å². The molecule has 24 heavy (non-hydrogen) atoms. The van der Waals surface area contributed by atoms with Crippen LogP contribution in [-0.2, 0) is 26.0 Å². The normalized spacial score (nSPS) is 15.9. The van der Waals surface area contributed by atoms with Crippen molar-refractivity contribution in [2.75, 3.05) is 25.0 Å². The molecule has 8 heteroatoms. The molecule has 1 aromatic rings. The number of carboxylic acids is 1. The molecule has 2 rings (SSSR count). The Balaban J connectivity index is 2.36. The number of hydrogen-bond acceptors (Lipinski definition) is 4. The molecule has 1 amide bonds. The lowest BCUT2D eigenvalue weighted by Gasteiger charge is -2.29. The van der Waals surface area contributed by atoms with E-state index in [2.05, 4.69) is 0 Å². The molecular weight excluding hydrogens is 332 g/mol. The Labute approximate surface area is 141 Å². The predicted octanol–water partition coefficient (Wildman–Crippen LogP) is 1.33. The number of fused-ring (bicyclic) bond motifs is 1. The van der Waals surface area contributed by atoms with Crippen molar-refractivity contribution >= 4 is 27.6 Å². The van der Waals surface area contributed by atoms with Crippen molar-refractivity contribution in [3.8, 4) is 0 Å². The smallest absolute Gasteiger partial charge is 0.307 e. The highest BCUT2D eigenvalue weighted by molar-refractivity contribution is 7.89. The van der Waals surface area contributed by atoms with Gasteiger partial charge in [-0.05, 0) is 30.5 Å². The lowest BCUT2D eigenvalue weighted by molar-refractivity contribution is -0.141. The Hall–Kier alpha value is -1.93. The molecule has 1 aliphatic heterocycles. The lowest BCUT2D eigenvalue weighted by atomic mass is 10.0. The number of amides is 1. The SMILES string of the molecule is CC(=O)N1CCCc2ccc(S(=O)(=O)N(C)CC(C)C(=O)O)cc21. The molecule has 0 saturated carbocycles. The van der Waals surface area contributed by atoms with Crippen LogP contribution in [0.4, 0.5) is 5.69 Å². The van der Waals surface area contributed by atoms with Gasteiger partial charge in [0.15, 0.2) is 0 Å². The summed E-state index contributed by atoms with van der Waals surface area (Å²) in [5.41, 5.74) is 1.56. The number of nitrogens with zero attached hydrogens (tertiary/aromatic N) is 2. The van der Waals surface area contributed by atoms with E-state index in [4.69, 9.17) is 5.11 Å². The zero-order valence-electron chi connectivity index (χ0n) is 14.0. The molecule has 0 aromatic heterocycles. The molecule has 0 radical (unpaired) electrons. The molecule has 0 saturated heterocycles. The van der Waals surface area contributed by atoms with Crippen molar-refractivity contribution in [1.29, 1.82) is 0 Å². The lowest BCUT2D eigenvalue weighted by Crippen LogP contribution is -2.35. The number of hydrogen-bond donors (Lipinski definition) is 1. The van der Waals surface area contributed by atoms with Crippen molar-refractivity contribution in [1.82, 2.24) is 4.31 Å². The van der Waals surface area contributed by atoms with Gasteiger partial charge in [-0.1, -0.05) is 13.0 Å². The summed E-state index contributed by atoms with van der Waals surface area (Å²) in [7, 11) is -2.46. The zero-order chi connectivity index (χ0) is 18.1. The van der Waals surface area contributed by atoms with Gasteiger partial charge in [0.05, 0.1) is 10.8 Å². The number of anilines is 1. The van der Waals surface area contributed by atoms with Crippen molar-refractivity contribution in [2.45, 2.75) is 31.6 Å². The van der Waals surface area contributed by atoms with E-state index in [9.17, 15) is 18.0 Å². The van der Waals surface area contributed by atoms with Gasteiger partial charge < -0.3 is 10.0 Å². The minimum absolute atomic E-state index is 0.0643. The minimum Gasteiger partial charge on any atom is -0.481 e. The van der Waals surface area contributed by atoms with Gasteiger partial charge in [0, 0.05) is 32.7 Å². The molecule has 1 aliphatic rings. The van der Waals surface area contributed by atoms with Crippen molar-refractivity contribution < 1.29 is 23.1 Å². The third-order valence-corrected chi connectivity index (χ3v) is 6.04. The van der Waals surface area contributed by atoms with E-state index in [0.29, 0.717) is 12.2 Å². The fourth-order valence-electron chi connectivity index (χ4n) is 2.78. The predicted molar refractivity (Wildman–Crippen MR) is 89.4 cm³/mol. The number of aryl methyl sites for hydroxylation is 1.